The maximum absolute atomic E-state index is 12.8. The number of ether oxygens (including phenoxy) is 2. The lowest BCUT2D eigenvalue weighted by atomic mass is 9.85. The normalized spacial score (nSPS) is 22.8. The first-order chi connectivity index (χ1) is 28.4. The molecule has 342 valence electrons. The molecule has 0 aromatic carbocycles. The van der Waals surface area contributed by atoms with Crippen LogP contribution in [-0.2, 0) is 32.7 Å². The SMILES string of the molecule is CC/C=C/C=C/C=C/C=C/CCCCCCCC(=O)O[C@H](COC(=O)CCCCCCCCCCCCCCCCC)COP(=O)(O)OC1C(O)C(O)C(O)[C@@H](O)C1O. The summed E-state index contributed by atoms with van der Waals surface area (Å²) in [5.41, 5.74) is 0. The number of hydrogen-bond acceptors (Lipinski definition) is 12. The van der Waals surface area contributed by atoms with Gasteiger partial charge >= 0.3 is 19.8 Å². The fourth-order valence-electron chi connectivity index (χ4n) is 6.65. The van der Waals surface area contributed by atoms with Crippen molar-refractivity contribution in [3.8, 4) is 0 Å². The summed E-state index contributed by atoms with van der Waals surface area (Å²) in [6.45, 7) is 3.14. The van der Waals surface area contributed by atoms with Gasteiger partial charge in [0.2, 0.25) is 0 Å². The molecule has 0 saturated heterocycles. The van der Waals surface area contributed by atoms with Crippen LogP contribution in [0.2, 0.25) is 0 Å². The maximum Gasteiger partial charge on any atom is 0.472 e. The predicted molar refractivity (Wildman–Crippen MR) is 230 cm³/mol. The molecule has 14 heteroatoms. The summed E-state index contributed by atoms with van der Waals surface area (Å²) >= 11 is 0. The van der Waals surface area contributed by atoms with Crippen LogP contribution in [-0.4, -0.2) is 98.3 Å². The molecule has 0 heterocycles. The van der Waals surface area contributed by atoms with E-state index in [1.54, 1.807) is 0 Å². The summed E-state index contributed by atoms with van der Waals surface area (Å²) in [6.07, 6.45) is 27.4. The van der Waals surface area contributed by atoms with Crippen molar-refractivity contribution in [2.75, 3.05) is 13.2 Å². The Kier molecular flexibility index (Phi) is 32.9. The van der Waals surface area contributed by atoms with Gasteiger partial charge in [-0.25, -0.2) is 4.57 Å². The molecule has 0 bridgehead atoms. The number of allylic oxidation sites excluding steroid dienone is 8. The second-order valence-electron chi connectivity index (χ2n) is 15.6. The van der Waals surface area contributed by atoms with E-state index in [0.717, 1.165) is 57.8 Å². The van der Waals surface area contributed by atoms with Crippen molar-refractivity contribution >= 4 is 19.8 Å². The number of rotatable bonds is 36. The fraction of sp³-hybridized carbons (Fsp3) is 0.778. The second kappa shape index (κ2) is 35.4. The van der Waals surface area contributed by atoms with Crippen LogP contribution in [0.1, 0.15) is 168 Å². The Morgan fingerprint density at radius 2 is 0.966 bits per heavy atom. The van der Waals surface area contributed by atoms with Crippen LogP contribution in [0.3, 0.4) is 0 Å². The average molecular weight is 859 g/mol. The highest BCUT2D eigenvalue weighted by atomic mass is 31.2. The van der Waals surface area contributed by atoms with Gasteiger partial charge in [-0.1, -0.05) is 172 Å². The topological polar surface area (TPSA) is 210 Å². The van der Waals surface area contributed by atoms with Crippen LogP contribution in [0.5, 0.6) is 0 Å². The number of hydrogen-bond donors (Lipinski definition) is 6. The molecular weight excluding hydrogens is 779 g/mol. The Morgan fingerprint density at radius 1 is 0.542 bits per heavy atom. The zero-order valence-electron chi connectivity index (χ0n) is 36.0. The first-order valence-electron chi connectivity index (χ1n) is 22.5. The van der Waals surface area contributed by atoms with Crippen molar-refractivity contribution in [2.45, 2.75) is 211 Å². The molecule has 59 heavy (non-hydrogen) atoms. The molecule has 0 aliphatic heterocycles. The summed E-state index contributed by atoms with van der Waals surface area (Å²) in [4.78, 5) is 35.7. The van der Waals surface area contributed by atoms with E-state index in [1.807, 2.05) is 36.5 Å². The highest BCUT2D eigenvalue weighted by Gasteiger charge is 2.51. The molecule has 0 amide bonds. The van der Waals surface area contributed by atoms with Crippen LogP contribution in [0.4, 0.5) is 0 Å². The van der Waals surface area contributed by atoms with Gasteiger partial charge in [-0.15, -0.1) is 0 Å². The second-order valence-corrected chi connectivity index (χ2v) is 17.0. The van der Waals surface area contributed by atoms with Gasteiger partial charge < -0.3 is 39.9 Å². The number of esters is 2. The molecule has 0 aromatic rings. The van der Waals surface area contributed by atoms with Crippen LogP contribution in [0, 0.1) is 0 Å². The molecule has 1 aliphatic carbocycles. The van der Waals surface area contributed by atoms with Gasteiger partial charge in [0.15, 0.2) is 6.10 Å². The number of aliphatic hydroxyl groups is 5. The molecule has 1 fully saturated rings. The highest BCUT2D eigenvalue weighted by Crippen LogP contribution is 2.47. The lowest BCUT2D eigenvalue weighted by Gasteiger charge is -2.41. The molecule has 8 atom stereocenters. The zero-order valence-corrected chi connectivity index (χ0v) is 36.9. The summed E-state index contributed by atoms with van der Waals surface area (Å²) in [6, 6.07) is 0. The quantitative estimate of drug-likeness (QED) is 0.0152. The minimum absolute atomic E-state index is 0.0705. The largest absolute Gasteiger partial charge is 0.472 e. The van der Waals surface area contributed by atoms with E-state index < -0.39 is 75.7 Å². The van der Waals surface area contributed by atoms with Crippen LogP contribution < -0.4 is 0 Å². The smallest absolute Gasteiger partial charge is 0.462 e. The molecule has 0 radical (unpaired) electrons. The standard InChI is InChI=1S/C45H79O13P/c1-3-5-7-9-11-13-15-17-19-21-23-25-27-29-31-33-38(46)55-35-37(36-56-59(53,54)58-45-43(51)41(49)40(48)42(50)44(45)52)57-39(47)34-32-30-28-26-24-22-20-18-16-14-12-10-8-6-4-2/h6,8,10,12,14,16,18,20,37,40-45,48-52H,3-5,7,9,11,13,15,17,19,21-36H2,1-2H3,(H,53,54)/b8-6+,12-10+,16-14+,20-18+/t37-,40?,41-,42?,43?,44?,45?/m1/s1. The van der Waals surface area contributed by atoms with Gasteiger partial charge in [0, 0.05) is 12.8 Å². The zero-order chi connectivity index (χ0) is 43.6. The maximum atomic E-state index is 12.8. The number of aliphatic hydroxyl groups excluding tert-OH is 5. The van der Waals surface area contributed by atoms with Gasteiger partial charge in [0.25, 0.3) is 0 Å². The van der Waals surface area contributed by atoms with Gasteiger partial charge in [-0.2, -0.15) is 0 Å². The number of carbonyl (C=O) groups excluding carboxylic acids is 2. The molecule has 6 N–H and O–H groups in total. The number of carbonyl (C=O) groups is 2. The summed E-state index contributed by atoms with van der Waals surface area (Å²) in [5.74, 6) is -1.13. The fourth-order valence-corrected chi connectivity index (χ4v) is 7.62. The average Bonchev–Trinajstić information content (AvgIpc) is 3.21. The molecule has 1 rings (SSSR count). The summed E-state index contributed by atoms with van der Waals surface area (Å²) in [5, 5.41) is 50.1. The van der Waals surface area contributed by atoms with E-state index >= 15 is 0 Å². The van der Waals surface area contributed by atoms with Crippen LogP contribution >= 0.6 is 7.82 Å². The molecule has 0 spiro atoms. The molecule has 6 unspecified atom stereocenters. The molecule has 0 aromatic heterocycles. The van der Waals surface area contributed by atoms with Crippen LogP contribution in [0.25, 0.3) is 0 Å². The van der Waals surface area contributed by atoms with Gasteiger partial charge in [0.05, 0.1) is 6.61 Å². The Morgan fingerprint density at radius 3 is 1.47 bits per heavy atom. The first-order valence-corrected chi connectivity index (χ1v) is 24.0. The van der Waals surface area contributed by atoms with Crippen molar-refractivity contribution in [1.29, 1.82) is 0 Å². The van der Waals surface area contributed by atoms with Crippen molar-refractivity contribution in [2.24, 2.45) is 0 Å². The number of phosphoric acid groups is 1. The van der Waals surface area contributed by atoms with Crippen molar-refractivity contribution < 1.29 is 63.1 Å². The van der Waals surface area contributed by atoms with E-state index in [-0.39, 0.29) is 12.8 Å². The van der Waals surface area contributed by atoms with Gasteiger partial charge in [0.1, 0.15) is 43.2 Å². The van der Waals surface area contributed by atoms with Gasteiger partial charge in [-0.3, -0.25) is 18.6 Å². The Balaban J connectivity index is 2.49. The number of phosphoric ester groups is 1. The Bertz CT molecular complexity index is 1220. The molecule has 13 nitrogen and oxygen atoms in total. The Hall–Kier alpha value is -2.19. The lowest BCUT2D eigenvalue weighted by molar-refractivity contribution is -0.220. The minimum Gasteiger partial charge on any atom is -0.462 e. The highest BCUT2D eigenvalue weighted by molar-refractivity contribution is 7.47. The third-order valence-corrected chi connectivity index (χ3v) is 11.3. The van der Waals surface area contributed by atoms with E-state index in [0.29, 0.717) is 12.8 Å². The van der Waals surface area contributed by atoms with E-state index in [2.05, 4.69) is 26.0 Å². The van der Waals surface area contributed by atoms with E-state index in [1.165, 1.54) is 70.6 Å². The van der Waals surface area contributed by atoms with E-state index in [4.69, 9.17) is 18.5 Å². The van der Waals surface area contributed by atoms with Crippen LogP contribution in [0.15, 0.2) is 48.6 Å². The van der Waals surface area contributed by atoms with Crippen molar-refractivity contribution in [1.82, 2.24) is 0 Å². The lowest BCUT2D eigenvalue weighted by Crippen LogP contribution is -2.64. The van der Waals surface area contributed by atoms with Crippen molar-refractivity contribution in [3.05, 3.63) is 48.6 Å². The predicted octanol–water partition coefficient (Wildman–Crippen LogP) is 8.39. The summed E-state index contributed by atoms with van der Waals surface area (Å²) in [7, 11) is -5.12. The molecule has 1 aliphatic rings. The minimum atomic E-state index is -5.12. The third-order valence-electron chi connectivity index (χ3n) is 10.3. The number of unbranched alkanes of at least 4 members (excludes halogenated alkanes) is 19. The first kappa shape index (κ1) is 54.8. The third kappa shape index (κ3) is 28.1. The van der Waals surface area contributed by atoms with Crippen molar-refractivity contribution in [3.63, 3.8) is 0 Å². The summed E-state index contributed by atoms with van der Waals surface area (Å²) < 4.78 is 33.5. The van der Waals surface area contributed by atoms with Gasteiger partial charge in [-0.05, 0) is 32.1 Å². The molecule has 1 saturated carbocycles. The van der Waals surface area contributed by atoms with E-state index in [9.17, 15) is 44.6 Å². The monoisotopic (exact) mass is 859 g/mol. The Labute approximate surface area is 354 Å². The molecular formula is C45H79O13P.